The van der Waals surface area contributed by atoms with Crippen LogP contribution in [0.5, 0.6) is 0 Å². The third-order valence-electron chi connectivity index (χ3n) is 5.45. The van der Waals surface area contributed by atoms with E-state index in [1.54, 1.807) is 24.3 Å². The number of hydrogen-bond acceptors (Lipinski definition) is 6. The number of morpholine rings is 1. The van der Waals surface area contributed by atoms with Crippen molar-refractivity contribution < 1.29 is 19.1 Å². The zero-order chi connectivity index (χ0) is 20.5. The summed E-state index contributed by atoms with van der Waals surface area (Å²) in [6.45, 7) is 6.44. The molecule has 0 radical (unpaired) electrons. The average Bonchev–Trinajstić information content (AvgIpc) is 3.24. The summed E-state index contributed by atoms with van der Waals surface area (Å²) in [6.07, 6.45) is 2.92. The number of amides is 2. The van der Waals surface area contributed by atoms with Crippen LogP contribution in [0.1, 0.15) is 36.5 Å². The molecule has 2 N–H and O–H groups in total. The number of hydrogen-bond donors (Lipinski definition) is 2. The van der Waals surface area contributed by atoms with Gasteiger partial charge in [-0.05, 0) is 42.9 Å². The number of carbonyl (C=O) groups is 2. The Kier molecular flexibility index (Phi) is 8.20. The number of nitrogens with zero attached hydrogens (tertiary/aromatic N) is 1. The van der Waals surface area contributed by atoms with Gasteiger partial charge in [-0.25, -0.2) is 9.59 Å². The van der Waals surface area contributed by atoms with E-state index in [9.17, 15) is 9.59 Å². The first-order valence-corrected chi connectivity index (χ1v) is 11.5. The predicted octanol–water partition coefficient (Wildman–Crippen LogP) is 2.97. The maximum atomic E-state index is 12.4. The van der Waals surface area contributed by atoms with E-state index < -0.39 is 0 Å². The molecule has 3 rings (SSSR count). The molecular weight excluding hydrogens is 390 g/mol. The number of benzene rings is 1. The van der Waals surface area contributed by atoms with E-state index in [4.69, 9.17) is 9.47 Å². The van der Waals surface area contributed by atoms with Crippen LogP contribution in [-0.4, -0.2) is 73.4 Å². The van der Waals surface area contributed by atoms with Crippen molar-refractivity contribution >= 4 is 29.4 Å². The van der Waals surface area contributed by atoms with Gasteiger partial charge in [-0.1, -0.05) is 13.3 Å². The predicted molar refractivity (Wildman–Crippen MR) is 116 cm³/mol. The summed E-state index contributed by atoms with van der Waals surface area (Å²) in [5.41, 5.74) is 1.15. The number of anilines is 1. The highest BCUT2D eigenvalue weighted by molar-refractivity contribution is 7.99. The molecule has 1 unspecified atom stereocenters. The molecule has 160 valence electrons. The van der Waals surface area contributed by atoms with Crippen molar-refractivity contribution in [2.24, 2.45) is 0 Å². The van der Waals surface area contributed by atoms with Crippen molar-refractivity contribution in [3.8, 4) is 0 Å². The van der Waals surface area contributed by atoms with E-state index in [-0.39, 0.29) is 17.5 Å². The Morgan fingerprint density at radius 3 is 2.66 bits per heavy atom. The van der Waals surface area contributed by atoms with Crippen molar-refractivity contribution in [2.75, 3.05) is 56.3 Å². The Hall–Kier alpha value is -1.77. The lowest BCUT2D eigenvalue weighted by Gasteiger charge is -2.43. The van der Waals surface area contributed by atoms with Gasteiger partial charge >= 0.3 is 12.0 Å². The Balaban J connectivity index is 1.49. The SMILES string of the molecule is CCCCOC(=O)c1ccc(NC(=O)NCC2(N3CCOCC3)CCSC2)cc1. The summed E-state index contributed by atoms with van der Waals surface area (Å²) in [4.78, 5) is 26.8. The second-order valence-electron chi connectivity index (χ2n) is 7.50. The number of nitrogens with one attached hydrogen (secondary N) is 2. The lowest BCUT2D eigenvalue weighted by molar-refractivity contribution is -0.0123. The summed E-state index contributed by atoms with van der Waals surface area (Å²) in [6, 6.07) is 6.56. The van der Waals surface area contributed by atoms with Crippen LogP contribution in [0.15, 0.2) is 24.3 Å². The van der Waals surface area contributed by atoms with Gasteiger partial charge in [0.2, 0.25) is 0 Å². The molecular formula is C21H31N3O4S. The standard InChI is InChI=1S/C21H31N3O4S/c1-2-3-11-28-19(25)17-4-6-18(7-5-17)23-20(26)22-15-21(8-14-29-16-21)24-9-12-27-13-10-24/h4-7H,2-3,8-16H2,1H3,(H2,22,23,26). The third kappa shape index (κ3) is 6.10. The topological polar surface area (TPSA) is 79.9 Å². The second kappa shape index (κ2) is 10.8. The molecule has 1 aromatic rings. The first-order valence-electron chi connectivity index (χ1n) is 10.4. The number of esters is 1. The minimum atomic E-state index is -0.333. The third-order valence-corrected chi connectivity index (χ3v) is 6.69. The molecule has 1 aromatic carbocycles. The molecule has 2 aliphatic rings. The molecule has 2 heterocycles. The lowest BCUT2D eigenvalue weighted by atomic mass is 9.95. The zero-order valence-corrected chi connectivity index (χ0v) is 17.9. The van der Waals surface area contributed by atoms with Gasteiger partial charge in [0.05, 0.1) is 25.4 Å². The quantitative estimate of drug-likeness (QED) is 0.496. The molecule has 1 atom stereocenters. The van der Waals surface area contributed by atoms with Crippen molar-refractivity contribution in [1.29, 1.82) is 0 Å². The van der Waals surface area contributed by atoms with E-state index in [0.29, 0.717) is 24.4 Å². The fraction of sp³-hybridized carbons (Fsp3) is 0.619. The Morgan fingerprint density at radius 2 is 2.00 bits per heavy atom. The van der Waals surface area contributed by atoms with Gasteiger partial charge in [0.15, 0.2) is 0 Å². The molecule has 2 saturated heterocycles. The minimum Gasteiger partial charge on any atom is -0.462 e. The summed E-state index contributed by atoms with van der Waals surface area (Å²) in [5, 5.41) is 5.90. The molecule has 2 aliphatic heterocycles. The summed E-state index contributed by atoms with van der Waals surface area (Å²) in [5.74, 6) is 1.82. The van der Waals surface area contributed by atoms with Crippen molar-refractivity contribution in [3.63, 3.8) is 0 Å². The van der Waals surface area contributed by atoms with Gasteiger partial charge in [0.25, 0.3) is 0 Å². The number of urea groups is 1. The molecule has 2 fully saturated rings. The van der Waals surface area contributed by atoms with Crippen LogP contribution < -0.4 is 10.6 Å². The van der Waals surface area contributed by atoms with E-state index in [2.05, 4.69) is 15.5 Å². The number of thioether (sulfide) groups is 1. The normalized spacial score (nSPS) is 22.2. The highest BCUT2D eigenvalue weighted by Gasteiger charge is 2.40. The molecule has 7 nitrogen and oxygen atoms in total. The van der Waals surface area contributed by atoms with Crippen molar-refractivity contribution in [1.82, 2.24) is 10.2 Å². The van der Waals surface area contributed by atoms with E-state index >= 15 is 0 Å². The number of carbonyl (C=O) groups excluding carboxylic acids is 2. The van der Waals surface area contributed by atoms with Gasteiger partial charge in [0.1, 0.15) is 0 Å². The molecule has 29 heavy (non-hydrogen) atoms. The van der Waals surface area contributed by atoms with Crippen molar-refractivity contribution in [3.05, 3.63) is 29.8 Å². The zero-order valence-electron chi connectivity index (χ0n) is 17.1. The van der Waals surface area contributed by atoms with E-state index in [1.807, 2.05) is 18.7 Å². The van der Waals surface area contributed by atoms with Crippen LogP contribution in [0.25, 0.3) is 0 Å². The van der Waals surface area contributed by atoms with Crippen LogP contribution >= 0.6 is 11.8 Å². The van der Waals surface area contributed by atoms with E-state index in [0.717, 1.165) is 57.1 Å². The summed E-state index contributed by atoms with van der Waals surface area (Å²) < 4.78 is 10.7. The molecule has 8 heteroatoms. The first kappa shape index (κ1) is 21.9. The van der Waals surface area contributed by atoms with Crippen LogP contribution in [0, 0.1) is 0 Å². The first-order chi connectivity index (χ1) is 14.1. The van der Waals surface area contributed by atoms with Gasteiger partial charge in [0, 0.05) is 36.6 Å². The maximum absolute atomic E-state index is 12.4. The van der Waals surface area contributed by atoms with Crippen LogP contribution in [0.4, 0.5) is 10.5 Å². The van der Waals surface area contributed by atoms with Gasteiger partial charge < -0.3 is 20.1 Å². The number of rotatable bonds is 8. The van der Waals surface area contributed by atoms with Gasteiger partial charge in [-0.15, -0.1) is 0 Å². The average molecular weight is 422 g/mol. The summed E-state index contributed by atoms with van der Waals surface area (Å²) >= 11 is 1.94. The van der Waals surface area contributed by atoms with Crippen LogP contribution in [-0.2, 0) is 9.47 Å². The smallest absolute Gasteiger partial charge is 0.338 e. The Morgan fingerprint density at radius 1 is 1.24 bits per heavy atom. The van der Waals surface area contributed by atoms with Gasteiger partial charge in [-0.2, -0.15) is 11.8 Å². The highest BCUT2D eigenvalue weighted by atomic mass is 32.2. The molecule has 0 saturated carbocycles. The monoisotopic (exact) mass is 421 g/mol. The Bertz CT molecular complexity index is 671. The molecule has 0 aliphatic carbocycles. The van der Waals surface area contributed by atoms with Crippen LogP contribution in [0.3, 0.4) is 0 Å². The molecule has 2 amide bonds. The molecule has 0 spiro atoms. The fourth-order valence-corrected chi connectivity index (χ4v) is 5.11. The fourth-order valence-electron chi connectivity index (χ4n) is 3.64. The highest BCUT2D eigenvalue weighted by Crippen LogP contribution is 2.33. The lowest BCUT2D eigenvalue weighted by Crippen LogP contribution is -2.59. The number of ether oxygens (including phenoxy) is 2. The van der Waals surface area contributed by atoms with Crippen LogP contribution in [0.2, 0.25) is 0 Å². The largest absolute Gasteiger partial charge is 0.462 e. The maximum Gasteiger partial charge on any atom is 0.338 e. The Labute approximate surface area is 176 Å². The van der Waals surface area contributed by atoms with Crippen molar-refractivity contribution in [2.45, 2.75) is 31.7 Å². The molecule has 0 bridgehead atoms. The summed E-state index contributed by atoms with van der Waals surface area (Å²) in [7, 11) is 0. The van der Waals surface area contributed by atoms with E-state index in [1.165, 1.54) is 0 Å². The second-order valence-corrected chi connectivity index (χ2v) is 8.61. The minimum absolute atomic E-state index is 0.0118. The molecule has 0 aromatic heterocycles. The number of unbranched alkanes of at least 4 members (excludes halogenated alkanes) is 1. The van der Waals surface area contributed by atoms with Gasteiger partial charge in [-0.3, -0.25) is 4.90 Å².